The zero-order valence-corrected chi connectivity index (χ0v) is 13.0. The summed E-state index contributed by atoms with van der Waals surface area (Å²) in [7, 11) is -1.18. The van der Waals surface area contributed by atoms with Gasteiger partial charge in [-0.2, -0.15) is 0 Å². The number of carbonyl (C=O) groups excluding carboxylic acids is 1. The van der Waals surface area contributed by atoms with Gasteiger partial charge in [0.1, 0.15) is 0 Å². The predicted octanol–water partition coefficient (Wildman–Crippen LogP) is -0.571. The fourth-order valence-electron chi connectivity index (χ4n) is 2.94. The molecule has 2 aliphatic rings. The second-order valence-electron chi connectivity index (χ2n) is 5.97. The highest BCUT2D eigenvalue weighted by Crippen LogP contribution is 2.19. The zero-order chi connectivity index (χ0) is 15.6. The highest BCUT2D eigenvalue weighted by atomic mass is 32.2. The molecule has 120 valence electrons. The first-order valence-electron chi connectivity index (χ1n) is 7.20. The Balaban J connectivity index is 1.81. The van der Waals surface area contributed by atoms with Crippen molar-refractivity contribution in [2.75, 3.05) is 38.2 Å². The quantitative estimate of drug-likeness (QED) is 0.746. The summed E-state index contributed by atoms with van der Waals surface area (Å²) in [5.74, 6) is -0.884. The summed E-state index contributed by atoms with van der Waals surface area (Å²) in [5.41, 5.74) is 0. The highest BCUT2D eigenvalue weighted by Gasteiger charge is 2.33. The Kier molecular flexibility index (Phi) is 4.88. The Morgan fingerprint density at radius 2 is 1.86 bits per heavy atom. The molecular weight excluding hydrogens is 296 g/mol. The van der Waals surface area contributed by atoms with Crippen LogP contribution < -0.4 is 0 Å². The van der Waals surface area contributed by atoms with Gasteiger partial charge in [-0.3, -0.25) is 14.5 Å². The van der Waals surface area contributed by atoms with Crippen LogP contribution in [0.1, 0.15) is 19.3 Å². The van der Waals surface area contributed by atoms with Gasteiger partial charge in [-0.05, 0) is 26.3 Å². The van der Waals surface area contributed by atoms with Gasteiger partial charge in [-0.1, -0.05) is 0 Å². The maximum atomic E-state index is 12.2. The average Bonchev–Trinajstić information content (AvgIpc) is 2.79. The monoisotopic (exact) mass is 318 g/mol. The van der Waals surface area contributed by atoms with Crippen molar-refractivity contribution in [1.82, 2.24) is 9.80 Å². The number of likely N-dealkylation sites (N-methyl/N-ethyl adjacent to an activating group) is 1. The Morgan fingerprint density at radius 3 is 2.33 bits per heavy atom. The van der Waals surface area contributed by atoms with E-state index in [4.69, 9.17) is 5.11 Å². The molecule has 7 nitrogen and oxygen atoms in total. The molecule has 2 rings (SSSR count). The molecule has 0 aromatic heterocycles. The van der Waals surface area contributed by atoms with Crippen LogP contribution in [-0.2, 0) is 19.4 Å². The minimum atomic E-state index is -2.95. The van der Waals surface area contributed by atoms with Gasteiger partial charge in [-0.25, -0.2) is 8.42 Å². The van der Waals surface area contributed by atoms with Gasteiger partial charge >= 0.3 is 5.97 Å². The molecule has 0 radical (unpaired) electrons. The third-order valence-electron chi connectivity index (χ3n) is 4.41. The first kappa shape index (κ1) is 16.2. The molecule has 0 aromatic rings. The fourth-order valence-corrected chi connectivity index (χ4v) is 4.75. The summed E-state index contributed by atoms with van der Waals surface area (Å²) in [6, 6.07) is -0.0875. The van der Waals surface area contributed by atoms with Crippen molar-refractivity contribution in [2.24, 2.45) is 5.92 Å². The van der Waals surface area contributed by atoms with Gasteiger partial charge in [-0.15, -0.1) is 0 Å². The number of carboxylic acids is 1. The number of carbonyl (C=O) groups is 2. The van der Waals surface area contributed by atoms with E-state index in [0.717, 1.165) is 0 Å². The molecule has 0 aromatic carbocycles. The number of sulfone groups is 1. The second kappa shape index (κ2) is 6.31. The number of rotatable bonds is 4. The minimum absolute atomic E-state index is 0.0503. The van der Waals surface area contributed by atoms with Gasteiger partial charge in [0.25, 0.3) is 0 Å². The van der Waals surface area contributed by atoms with Crippen molar-refractivity contribution < 1.29 is 23.1 Å². The molecule has 1 unspecified atom stereocenters. The molecule has 0 saturated carbocycles. The van der Waals surface area contributed by atoms with Crippen LogP contribution in [0.25, 0.3) is 0 Å². The number of aliphatic carboxylic acids is 1. The van der Waals surface area contributed by atoms with Crippen LogP contribution in [-0.4, -0.2) is 79.4 Å². The van der Waals surface area contributed by atoms with Crippen LogP contribution in [0.3, 0.4) is 0 Å². The number of likely N-dealkylation sites (tertiary alicyclic amines) is 1. The van der Waals surface area contributed by atoms with Gasteiger partial charge in [0.15, 0.2) is 9.84 Å². The van der Waals surface area contributed by atoms with Crippen molar-refractivity contribution in [3.8, 4) is 0 Å². The maximum absolute atomic E-state index is 12.2. The number of hydrogen-bond acceptors (Lipinski definition) is 5. The third-order valence-corrected chi connectivity index (χ3v) is 6.16. The van der Waals surface area contributed by atoms with E-state index in [-0.39, 0.29) is 35.9 Å². The van der Waals surface area contributed by atoms with Crippen LogP contribution in [0.5, 0.6) is 0 Å². The number of carboxylic acid groups (broad SMARTS) is 1. The lowest BCUT2D eigenvalue weighted by Gasteiger charge is -2.32. The third kappa shape index (κ3) is 4.16. The molecule has 1 atom stereocenters. The molecule has 2 saturated heterocycles. The first-order valence-corrected chi connectivity index (χ1v) is 9.02. The molecular formula is C13H22N2O5S. The van der Waals surface area contributed by atoms with Crippen molar-refractivity contribution in [1.29, 1.82) is 0 Å². The van der Waals surface area contributed by atoms with E-state index >= 15 is 0 Å². The molecule has 2 fully saturated rings. The normalized spacial score (nSPS) is 26.2. The lowest BCUT2D eigenvalue weighted by Crippen LogP contribution is -2.46. The van der Waals surface area contributed by atoms with E-state index < -0.39 is 15.8 Å². The fraction of sp³-hybridized carbons (Fsp3) is 0.846. The van der Waals surface area contributed by atoms with E-state index in [2.05, 4.69) is 0 Å². The Labute approximate surface area is 124 Å². The lowest BCUT2D eigenvalue weighted by molar-refractivity contribution is -0.146. The molecule has 1 N–H and O–H groups in total. The summed E-state index contributed by atoms with van der Waals surface area (Å²) >= 11 is 0. The molecule has 8 heteroatoms. The Morgan fingerprint density at radius 1 is 1.24 bits per heavy atom. The van der Waals surface area contributed by atoms with Crippen LogP contribution in [0.4, 0.5) is 0 Å². The van der Waals surface area contributed by atoms with Gasteiger partial charge < -0.3 is 10.0 Å². The van der Waals surface area contributed by atoms with Gasteiger partial charge in [0, 0.05) is 19.1 Å². The van der Waals surface area contributed by atoms with Crippen molar-refractivity contribution >= 4 is 21.7 Å². The zero-order valence-electron chi connectivity index (χ0n) is 12.2. The molecule has 21 heavy (non-hydrogen) atoms. The Hall–Kier alpha value is -1.15. The van der Waals surface area contributed by atoms with Gasteiger partial charge in [0.2, 0.25) is 5.91 Å². The summed E-state index contributed by atoms with van der Waals surface area (Å²) in [6.07, 6.45) is 1.55. The standard InChI is InChI=1S/C13H22N2O5S/c1-14(11-4-7-21(19,20)9-11)8-12(16)15-5-2-10(3-6-15)13(17)18/h10-11H,2-9H2,1H3,(H,17,18). The van der Waals surface area contributed by atoms with Crippen LogP contribution in [0.15, 0.2) is 0 Å². The molecule has 0 spiro atoms. The Bertz CT molecular complexity index is 511. The van der Waals surface area contributed by atoms with Crippen LogP contribution >= 0.6 is 0 Å². The predicted molar refractivity (Wildman–Crippen MR) is 76.6 cm³/mol. The number of amides is 1. The summed E-state index contributed by atoms with van der Waals surface area (Å²) in [5, 5.41) is 8.93. The smallest absolute Gasteiger partial charge is 0.306 e. The summed E-state index contributed by atoms with van der Waals surface area (Å²) in [4.78, 5) is 26.5. The van der Waals surface area contributed by atoms with E-state index in [1.54, 1.807) is 16.8 Å². The second-order valence-corrected chi connectivity index (χ2v) is 8.19. The van der Waals surface area contributed by atoms with Gasteiger partial charge in [0.05, 0.1) is 24.0 Å². The van der Waals surface area contributed by atoms with Crippen LogP contribution in [0, 0.1) is 5.92 Å². The van der Waals surface area contributed by atoms with E-state index in [9.17, 15) is 18.0 Å². The maximum Gasteiger partial charge on any atom is 0.306 e. The van der Waals surface area contributed by atoms with E-state index in [1.165, 1.54) is 0 Å². The summed E-state index contributed by atoms with van der Waals surface area (Å²) in [6.45, 7) is 1.12. The minimum Gasteiger partial charge on any atom is -0.481 e. The number of piperidine rings is 1. The summed E-state index contributed by atoms with van der Waals surface area (Å²) < 4.78 is 22.9. The van der Waals surface area contributed by atoms with Crippen molar-refractivity contribution in [2.45, 2.75) is 25.3 Å². The topological polar surface area (TPSA) is 95.0 Å². The lowest BCUT2D eigenvalue weighted by atomic mass is 9.97. The van der Waals surface area contributed by atoms with Crippen molar-refractivity contribution in [3.05, 3.63) is 0 Å². The molecule has 2 aliphatic heterocycles. The molecule has 0 aliphatic carbocycles. The largest absolute Gasteiger partial charge is 0.481 e. The first-order chi connectivity index (χ1) is 9.78. The molecule has 2 heterocycles. The molecule has 0 bridgehead atoms. The van der Waals surface area contributed by atoms with Crippen molar-refractivity contribution in [3.63, 3.8) is 0 Å². The van der Waals surface area contributed by atoms with Crippen LogP contribution in [0.2, 0.25) is 0 Å². The average molecular weight is 318 g/mol. The van der Waals surface area contributed by atoms with E-state index in [0.29, 0.717) is 32.4 Å². The highest BCUT2D eigenvalue weighted by molar-refractivity contribution is 7.91. The number of hydrogen-bond donors (Lipinski definition) is 1. The SMILES string of the molecule is CN(CC(=O)N1CCC(C(=O)O)CC1)C1CCS(=O)(=O)C1. The molecule has 1 amide bonds. The van der Waals surface area contributed by atoms with E-state index in [1.807, 2.05) is 0 Å². The number of nitrogens with zero attached hydrogens (tertiary/aromatic N) is 2.